The molecule has 1 aromatic heterocycles. The molecule has 0 unspecified atom stereocenters. The van der Waals surface area contributed by atoms with E-state index >= 15 is 0 Å². The van der Waals surface area contributed by atoms with E-state index in [-0.39, 0.29) is 5.91 Å². The van der Waals surface area contributed by atoms with Gasteiger partial charge in [0.25, 0.3) is 0 Å². The van der Waals surface area contributed by atoms with E-state index in [1.165, 1.54) is 0 Å². The number of nitrogens with zero attached hydrogens (tertiary/aromatic N) is 2. The van der Waals surface area contributed by atoms with Crippen molar-refractivity contribution in [2.24, 2.45) is 0 Å². The SMILES string of the molecule is CCCN(CC(=O)Nc1ccccc1OC)Cc1cccc2cccnc12. The number of carbonyl (C=O) groups is 1. The minimum absolute atomic E-state index is 0.0545. The molecule has 1 amide bonds. The number of nitrogens with one attached hydrogen (secondary N) is 1. The number of ether oxygens (including phenoxy) is 1. The number of hydrogen-bond acceptors (Lipinski definition) is 4. The average Bonchev–Trinajstić information content (AvgIpc) is 2.69. The minimum Gasteiger partial charge on any atom is -0.495 e. The van der Waals surface area contributed by atoms with Crippen molar-refractivity contribution in [3.63, 3.8) is 0 Å². The lowest BCUT2D eigenvalue weighted by Crippen LogP contribution is -2.33. The molecule has 3 rings (SSSR count). The fourth-order valence-corrected chi connectivity index (χ4v) is 3.21. The summed E-state index contributed by atoms with van der Waals surface area (Å²) in [4.78, 5) is 19.3. The molecule has 0 bridgehead atoms. The number of anilines is 1. The Morgan fingerprint density at radius 3 is 2.74 bits per heavy atom. The Kier molecular flexibility index (Phi) is 6.39. The van der Waals surface area contributed by atoms with Gasteiger partial charge in [0.05, 0.1) is 24.9 Å². The van der Waals surface area contributed by atoms with Crippen LogP contribution < -0.4 is 10.1 Å². The van der Waals surface area contributed by atoms with Crippen LogP contribution in [0, 0.1) is 0 Å². The van der Waals surface area contributed by atoms with Crippen molar-refractivity contribution in [1.82, 2.24) is 9.88 Å². The van der Waals surface area contributed by atoms with Crippen LogP contribution in [0.3, 0.4) is 0 Å². The molecule has 2 aromatic carbocycles. The zero-order chi connectivity index (χ0) is 19.1. The second kappa shape index (κ2) is 9.14. The van der Waals surface area contributed by atoms with Crippen molar-refractivity contribution in [2.45, 2.75) is 19.9 Å². The van der Waals surface area contributed by atoms with Gasteiger partial charge >= 0.3 is 0 Å². The van der Waals surface area contributed by atoms with Crippen molar-refractivity contribution in [3.05, 3.63) is 66.4 Å². The predicted molar refractivity (Wildman–Crippen MR) is 109 cm³/mol. The van der Waals surface area contributed by atoms with E-state index < -0.39 is 0 Å². The van der Waals surface area contributed by atoms with Crippen LogP contribution in [0.25, 0.3) is 10.9 Å². The highest BCUT2D eigenvalue weighted by Crippen LogP contribution is 2.23. The van der Waals surface area contributed by atoms with Crippen LogP contribution in [0.5, 0.6) is 5.75 Å². The number of para-hydroxylation sites is 3. The Labute approximate surface area is 160 Å². The molecule has 0 aliphatic carbocycles. The largest absolute Gasteiger partial charge is 0.495 e. The normalized spacial score (nSPS) is 10.9. The zero-order valence-corrected chi connectivity index (χ0v) is 15.8. The van der Waals surface area contributed by atoms with E-state index in [9.17, 15) is 4.79 Å². The Hall–Kier alpha value is -2.92. The summed E-state index contributed by atoms with van der Waals surface area (Å²) in [6.07, 6.45) is 2.78. The van der Waals surface area contributed by atoms with Crippen LogP contribution in [0.2, 0.25) is 0 Å². The number of benzene rings is 2. The fraction of sp³-hybridized carbons (Fsp3) is 0.273. The Morgan fingerprint density at radius 2 is 1.93 bits per heavy atom. The lowest BCUT2D eigenvalue weighted by atomic mass is 10.1. The quantitative estimate of drug-likeness (QED) is 0.655. The van der Waals surface area contributed by atoms with Crippen LogP contribution >= 0.6 is 0 Å². The molecule has 5 heteroatoms. The maximum absolute atomic E-state index is 12.6. The van der Waals surface area contributed by atoms with E-state index in [2.05, 4.69) is 40.3 Å². The topological polar surface area (TPSA) is 54.5 Å². The molecule has 0 aliphatic heterocycles. The maximum Gasteiger partial charge on any atom is 0.238 e. The first-order valence-corrected chi connectivity index (χ1v) is 9.19. The van der Waals surface area contributed by atoms with Gasteiger partial charge in [-0.25, -0.2) is 0 Å². The highest BCUT2D eigenvalue weighted by atomic mass is 16.5. The van der Waals surface area contributed by atoms with Crippen LogP contribution in [-0.4, -0.2) is 36.0 Å². The Morgan fingerprint density at radius 1 is 1.11 bits per heavy atom. The highest BCUT2D eigenvalue weighted by molar-refractivity contribution is 5.93. The lowest BCUT2D eigenvalue weighted by Gasteiger charge is -2.22. The molecule has 0 spiro atoms. The number of rotatable bonds is 8. The molecule has 0 radical (unpaired) electrons. The molecule has 1 N–H and O–H groups in total. The van der Waals surface area contributed by atoms with E-state index in [0.717, 1.165) is 29.4 Å². The zero-order valence-electron chi connectivity index (χ0n) is 15.8. The number of carbonyl (C=O) groups excluding carboxylic acids is 1. The van der Waals surface area contributed by atoms with Crippen molar-refractivity contribution in [2.75, 3.05) is 25.5 Å². The molecule has 0 atom stereocenters. The summed E-state index contributed by atoms with van der Waals surface area (Å²) in [7, 11) is 1.60. The Balaban J connectivity index is 1.72. The molecule has 3 aromatic rings. The summed E-state index contributed by atoms with van der Waals surface area (Å²) in [6.45, 7) is 3.95. The van der Waals surface area contributed by atoms with Crippen LogP contribution in [0.1, 0.15) is 18.9 Å². The van der Waals surface area contributed by atoms with Gasteiger partial charge in [-0.3, -0.25) is 14.7 Å². The summed E-state index contributed by atoms with van der Waals surface area (Å²) in [5.41, 5.74) is 2.81. The third-order valence-corrected chi connectivity index (χ3v) is 4.40. The van der Waals surface area contributed by atoms with Crippen molar-refractivity contribution < 1.29 is 9.53 Å². The number of hydrogen-bond donors (Lipinski definition) is 1. The summed E-state index contributed by atoms with van der Waals surface area (Å²) < 4.78 is 5.31. The van der Waals surface area contributed by atoms with Gasteiger partial charge in [-0.05, 0) is 36.7 Å². The lowest BCUT2D eigenvalue weighted by molar-refractivity contribution is -0.117. The van der Waals surface area contributed by atoms with Crippen LogP contribution in [0.15, 0.2) is 60.8 Å². The molecular weight excluding hydrogens is 338 g/mol. The predicted octanol–water partition coefficient (Wildman–Crippen LogP) is 4.09. The highest BCUT2D eigenvalue weighted by Gasteiger charge is 2.14. The van der Waals surface area contributed by atoms with E-state index in [0.29, 0.717) is 24.5 Å². The standard InChI is InChI=1S/C22H25N3O2/c1-3-14-25(15-18-9-6-8-17-10-7-13-23-22(17)18)16-21(26)24-19-11-4-5-12-20(19)27-2/h4-13H,3,14-16H2,1-2H3,(H,24,26). The number of amides is 1. The van der Waals surface area contributed by atoms with Gasteiger partial charge in [0.15, 0.2) is 0 Å². The number of methoxy groups -OCH3 is 1. The third-order valence-electron chi connectivity index (χ3n) is 4.40. The van der Waals surface area contributed by atoms with Gasteiger partial charge in [-0.15, -0.1) is 0 Å². The second-order valence-electron chi connectivity index (χ2n) is 6.45. The van der Waals surface area contributed by atoms with Crippen molar-refractivity contribution in [1.29, 1.82) is 0 Å². The Bertz CT molecular complexity index is 905. The van der Waals surface area contributed by atoms with E-state index in [4.69, 9.17) is 4.74 Å². The maximum atomic E-state index is 12.6. The van der Waals surface area contributed by atoms with E-state index in [1.807, 2.05) is 42.6 Å². The van der Waals surface area contributed by atoms with E-state index in [1.54, 1.807) is 7.11 Å². The first kappa shape index (κ1) is 18.9. The van der Waals surface area contributed by atoms with Crippen molar-refractivity contribution in [3.8, 4) is 5.75 Å². The molecule has 1 heterocycles. The molecule has 5 nitrogen and oxygen atoms in total. The molecule has 0 aliphatic rings. The van der Waals surface area contributed by atoms with Gasteiger partial charge in [0.2, 0.25) is 5.91 Å². The van der Waals surface area contributed by atoms with Crippen LogP contribution in [0.4, 0.5) is 5.69 Å². The number of pyridine rings is 1. The van der Waals surface area contributed by atoms with Gasteiger partial charge in [-0.2, -0.15) is 0 Å². The monoisotopic (exact) mass is 363 g/mol. The average molecular weight is 363 g/mol. The minimum atomic E-state index is -0.0545. The molecule has 0 fully saturated rings. The summed E-state index contributed by atoms with van der Waals surface area (Å²) in [5.74, 6) is 0.604. The fourth-order valence-electron chi connectivity index (χ4n) is 3.21. The molecule has 0 saturated carbocycles. The third kappa shape index (κ3) is 4.83. The summed E-state index contributed by atoms with van der Waals surface area (Å²) in [5, 5.41) is 4.07. The molecular formula is C22H25N3O2. The van der Waals surface area contributed by atoms with Crippen LogP contribution in [-0.2, 0) is 11.3 Å². The smallest absolute Gasteiger partial charge is 0.238 e. The summed E-state index contributed by atoms with van der Waals surface area (Å²) in [6, 6.07) is 17.6. The second-order valence-corrected chi connectivity index (χ2v) is 6.45. The molecule has 0 saturated heterocycles. The molecule has 140 valence electrons. The van der Waals surface area contributed by atoms with Gasteiger partial charge in [0, 0.05) is 18.1 Å². The number of fused-ring (bicyclic) bond motifs is 1. The molecule has 27 heavy (non-hydrogen) atoms. The summed E-state index contributed by atoms with van der Waals surface area (Å²) >= 11 is 0. The van der Waals surface area contributed by atoms with Gasteiger partial charge < -0.3 is 10.1 Å². The number of aromatic nitrogens is 1. The first-order valence-electron chi connectivity index (χ1n) is 9.19. The van der Waals surface area contributed by atoms with Gasteiger partial charge in [0.1, 0.15) is 5.75 Å². The van der Waals surface area contributed by atoms with Crippen molar-refractivity contribution >= 4 is 22.5 Å². The first-order chi connectivity index (χ1) is 13.2. The van der Waals surface area contributed by atoms with Gasteiger partial charge in [-0.1, -0.05) is 43.3 Å².